The number of carboxylic acids is 1. The van der Waals surface area contributed by atoms with Gasteiger partial charge in [-0.25, -0.2) is 14.6 Å². The molecule has 2 N–H and O–H groups in total. The van der Waals surface area contributed by atoms with Crippen LogP contribution >= 0.6 is 0 Å². The average molecular weight is 321 g/mol. The fraction of sp³-hybridized carbons (Fsp3) is 0.562. The largest absolute Gasteiger partial charge is 0.480 e. The molecular weight excluding hydrogens is 298 g/mol. The quantitative estimate of drug-likeness (QED) is 0.888. The number of nitrogens with zero attached hydrogens (tertiary/aromatic N) is 2. The van der Waals surface area contributed by atoms with E-state index in [1.807, 2.05) is 0 Å². The molecular formula is C16H23N3O4. The summed E-state index contributed by atoms with van der Waals surface area (Å²) in [6.07, 6.45) is 1.78. The topological polar surface area (TPSA) is 91.8 Å². The summed E-state index contributed by atoms with van der Waals surface area (Å²) < 4.78 is 5.33. The van der Waals surface area contributed by atoms with Crippen LogP contribution in [0.15, 0.2) is 24.4 Å². The Morgan fingerprint density at radius 3 is 2.43 bits per heavy atom. The number of carboxylic acid groups (broad SMARTS) is 1. The predicted octanol–water partition coefficient (Wildman–Crippen LogP) is 2.35. The Balaban J connectivity index is 2.03. The summed E-state index contributed by atoms with van der Waals surface area (Å²) in [6, 6.07) is 5.29. The first-order valence-electron chi connectivity index (χ1n) is 7.62. The van der Waals surface area contributed by atoms with E-state index in [1.54, 1.807) is 50.1 Å². The lowest BCUT2D eigenvalue weighted by Crippen LogP contribution is -2.56. The zero-order valence-corrected chi connectivity index (χ0v) is 13.7. The summed E-state index contributed by atoms with van der Waals surface area (Å²) in [5.74, 6) is -0.424. The molecule has 7 heteroatoms. The summed E-state index contributed by atoms with van der Waals surface area (Å²) in [6.45, 7) is 6.05. The smallest absolute Gasteiger partial charge is 0.410 e. The lowest BCUT2D eigenvalue weighted by molar-refractivity contribution is -0.144. The highest BCUT2D eigenvalue weighted by molar-refractivity contribution is 5.83. The Bertz CT molecular complexity index is 560. The van der Waals surface area contributed by atoms with E-state index in [-0.39, 0.29) is 12.8 Å². The van der Waals surface area contributed by atoms with Gasteiger partial charge in [0.05, 0.1) is 0 Å². The number of pyridine rings is 1. The number of aliphatic carboxylic acids is 1. The van der Waals surface area contributed by atoms with E-state index in [1.165, 1.54) is 0 Å². The Kier molecular flexibility index (Phi) is 4.77. The van der Waals surface area contributed by atoms with Crippen molar-refractivity contribution in [2.24, 2.45) is 0 Å². The van der Waals surface area contributed by atoms with E-state index >= 15 is 0 Å². The summed E-state index contributed by atoms with van der Waals surface area (Å²) in [4.78, 5) is 29.5. The van der Waals surface area contributed by atoms with Gasteiger partial charge >= 0.3 is 12.1 Å². The van der Waals surface area contributed by atoms with Crippen molar-refractivity contribution in [1.82, 2.24) is 9.88 Å². The Labute approximate surface area is 135 Å². The van der Waals surface area contributed by atoms with Crippen LogP contribution in [0.2, 0.25) is 0 Å². The molecule has 1 amide bonds. The molecule has 2 heterocycles. The van der Waals surface area contributed by atoms with Crippen molar-refractivity contribution in [3.63, 3.8) is 0 Å². The maximum atomic E-state index is 12.1. The van der Waals surface area contributed by atoms with Crippen molar-refractivity contribution >= 4 is 17.9 Å². The second-order valence-corrected chi connectivity index (χ2v) is 6.69. The van der Waals surface area contributed by atoms with Gasteiger partial charge in [-0.05, 0) is 45.7 Å². The van der Waals surface area contributed by atoms with Crippen molar-refractivity contribution in [2.45, 2.75) is 44.8 Å². The summed E-state index contributed by atoms with van der Waals surface area (Å²) in [5, 5.41) is 12.6. The molecule has 1 aromatic heterocycles. The number of piperidine rings is 1. The summed E-state index contributed by atoms with van der Waals surface area (Å²) in [7, 11) is 0. The van der Waals surface area contributed by atoms with Gasteiger partial charge < -0.3 is 20.1 Å². The Morgan fingerprint density at radius 1 is 1.30 bits per heavy atom. The Hall–Kier alpha value is -2.31. The third-order valence-electron chi connectivity index (χ3n) is 3.71. The maximum absolute atomic E-state index is 12.1. The molecule has 23 heavy (non-hydrogen) atoms. The number of aromatic nitrogens is 1. The molecule has 1 aliphatic rings. The highest BCUT2D eigenvalue weighted by atomic mass is 16.6. The first-order valence-corrected chi connectivity index (χ1v) is 7.62. The standard InChI is InChI=1S/C16H23N3O4/c1-15(2,3)23-14(22)19-10-7-16(8-11-19,13(20)21)18-12-6-4-5-9-17-12/h4-6,9H,7-8,10-11H2,1-3H3,(H,17,18)(H,20,21). The molecule has 1 aliphatic heterocycles. The monoisotopic (exact) mass is 321 g/mol. The molecule has 0 spiro atoms. The molecule has 1 saturated heterocycles. The number of likely N-dealkylation sites (tertiary alicyclic amines) is 1. The highest BCUT2D eigenvalue weighted by Gasteiger charge is 2.43. The van der Waals surface area contributed by atoms with Crippen LogP contribution in [0.5, 0.6) is 0 Å². The minimum atomic E-state index is -1.12. The number of carbonyl (C=O) groups excluding carboxylic acids is 1. The number of hydrogen-bond acceptors (Lipinski definition) is 5. The number of nitrogens with one attached hydrogen (secondary N) is 1. The van der Waals surface area contributed by atoms with Gasteiger partial charge in [-0.15, -0.1) is 0 Å². The van der Waals surface area contributed by atoms with Gasteiger partial charge in [0.1, 0.15) is 17.0 Å². The molecule has 0 aliphatic carbocycles. The number of rotatable bonds is 3. The Morgan fingerprint density at radius 2 is 1.96 bits per heavy atom. The van der Waals surface area contributed by atoms with Gasteiger partial charge in [-0.3, -0.25) is 0 Å². The SMILES string of the molecule is CC(C)(C)OC(=O)N1CCC(Nc2ccccn2)(C(=O)O)CC1. The molecule has 0 aromatic carbocycles. The molecule has 0 saturated carbocycles. The summed E-state index contributed by atoms with van der Waals surface area (Å²) >= 11 is 0. The lowest BCUT2D eigenvalue weighted by Gasteiger charge is -2.39. The lowest BCUT2D eigenvalue weighted by atomic mass is 9.87. The van der Waals surface area contributed by atoms with Gasteiger partial charge in [0.2, 0.25) is 0 Å². The van der Waals surface area contributed by atoms with Crippen molar-refractivity contribution < 1.29 is 19.4 Å². The minimum Gasteiger partial charge on any atom is -0.480 e. The average Bonchev–Trinajstić information content (AvgIpc) is 2.47. The number of anilines is 1. The number of ether oxygens (including phenoxy) is 1. The highest BCUT2D eigenvalue weighted by Crippen LogP contribution is 2.27. The minimum absolute atomic E-state index is 0.290. The summed E-state index contributed by atoms with van der Waals surface area (Å²) in [5.41, 5.74) is -1.68. The molecule has 0 bridgehead atoms. The fourth-order valence-corrected chi connectivity index (χ4v) is 2.47. The van der Waals surface area contributed by atoms with Gasteiger partial charge in [-0.2, -0.15) is 0 Å². The third kappa shape index (κ3) is 4.34. The zero-order chi connectivity index (χ0) is 17.1. The molecule has 0 unspecified atom stereocenters. The van der Waals surface area contributed by atoms with Crippen molar-refractivity contribution in [3.8, 4) is 0 Å². The second-order valence-electron chi connectivity index (χ2n) is 6.69. The first-order chi connectivity index (χ1) is 10.7. The van der Waals surface area contributed by atoms with Crippen LogP contribution in [-0.4, -0.2) is 51.3 Å². The van der Waals surface area contributed by atoms with Gasteiger partial charge in [-0.1, -0.05) is 6.07 Å². The van der Waals surface area contributed by atoms with E-state index in [2.05, 4.69) is 10.3 Å². The predicted molar refractivity (Wildman–Crippen MR) is 85.3 cm³/mol. The normalized spacial score (nSPS) is 17.4. The number of hydrogen-bond donors (Lipinski definition) is 2. The third-order valence-corrected chi connectivity index (χ3v) is 3.71. The fourth-order valence-electron chi connectivity index (χ4n) is 2.47. The molecule has 1 aromatic rings. The van der Waals surface area contributed by atoms with E-state index in [0.29, 0.717) is 18.9 Å². The van der Waals surface area contributed by atoms with Crippen LogP contribution in [0.3, 0.4) is 0 Å². The van der Waals surface area contributed by atoms with Crippen LogP contribution in [0.1, 0.15) is 33.6 Å². The van der Waals surface area contributed by atoms with E-state index in [0.717, 1.165) is 0 Å². The van der Waals surface area contributed by atoms with Crippen LogP contribution in [0.25, 0.3) is 0 Å². The molecule has 1 fully saturated rings. The van der Waals surface area contributed by atoms with Crippen molar-refractivity contribution in [3.05, 3.63) is 24.4 Å². The van der Waals surface area contributed by atoms with Gasteiger partial charge in [0.25, 0.3) is 0 Å². The number of amides is 1. The van der Waals surface area contributed by atoms with E-state index in [9.17, 15) is 14.7 Å². The van der Waals surface area contributed by atoms with Crippen LogP contribution < -0.4 is 5.32 Å². The first kappa shape index (κ1) is 17.1. The van der Waals surface area contributed by atoms with Crippen LogP contribution in [-0.2, 0) is 9.53 Å². The van der Waals surface area contributed by atoms with Crippen LogP contribution in [0.4, 0.5) is 10.6 Å². The maximum Gasteiger partial charge on any atom is 0.410 e. The van der Waals surface area contributed by atoms with Gasteiger partial charge in [0.15, 0.2) is 0 Å². The molecule has 7 nitrogen and oxygen atoms in total. The molecule has 0 atom stereocenters. The van der Waals surface area contributed by atoms with Crippen molar-refractivity contribution in [1.29, 1.82) is 0 Å². The molecule has 126 valence electrons. The zero-order valence-electron chi connectivity index (χ0n) is 13.7. The van der Waals surface area contributed by atoms with Crippen molar-refractivity contribution in [2.75, 3.05) is 18.4 Å². The molecule has 2 rings (SSSR count). The molecule has 0 radical (unpaired) electrons. The van der Waals surface area contributed by atoms with E-state index < -0.39 is 23.2 Å². The van der Waals surface area contributed by atoms with Gasteiger partial charge in [0, 0.05) is 19.3 Å². The number of carbonyl (C=O) groups is 2. The van der Waals surface area contributed by atoms with Crippen LogP contribution in [0, 0.1) is 0 Å². The van der Waals surface area contributed by atoms with E-state index in [4.69, 9.17) is 4.74 Å². The second kappa shape index (κ2) is 6.44.